The van der Waals surface area contributed by atoms with Crippen LogP contribution in [-0.2, 0) is 0 Å². The standard InChI is InChI=1S/C15H15FN2O2/c1-9-3-5-11(13(17)7-9)15(19)18-10-4-6-14(20-2)12(16)8-10/h3-8H,17H2,1-2H3,(H,18,19). The van der Waals surface area contributed by atoms with Gasteiger partial charge in [-0.3, -0.25) is 4.79 Å². The van der Waals surface area contributed by atoms with Gasteiger partial charge in [-0.1, -0.05) is 6.07 Å². The molecule has 20 heavy (non-hydrogen) atoms. The maximum atomic E-state index is 13.5. The third kappa shape index (κ3) is 2.88. The van der Waals surface area contributed by atoms with Crippen molar-refractivity contribution < 1.29 is 13.9 Å². The fourth-order valence-corrected chi connectivity index (χ4v) is 1.83. The molecule has 0 saturated heterocycles. The van der Waals surface area contributed by atoms with Crippen LogP contribution in [0.15, 0.2) is 36.4 Å². The first-order valence-electron chi connectivity index (χ1n) is 6.02. The highest BCUT2D eigenvalue weighted by molar-refractivity contribution is 6.07. The molecule has 0 aliphatic carbocycles. The van der Waals surface area contributed by atoms with Crippen LogP contribution in [0.2, 0.25) is 0 Å². The molecule has 1 amide bonds. The molecule has 2 rings (SSSR count). The van der Waals surface area contributed by atoms with E-state index in [1.54, 1.807) is 24.3 Å². The molecule has 0 atom stereocenters. The Labute approximate surface area is 116 Å². The zero-order valence-electron chi connectivity index (χ0n) is 11.2. The number of halogens is 1. The molecule has 0 bridgehead atoms. The minimum atomic E-state index is -0.540. The molecule has 0 spiro atoms. The van der Waals surface area contributed by atoms with Gasteiger partial charge < -0.3 is 15.8 Å². The van der Waals surface area contributed by atoms with Crippen LogP contribution in [0.5, 0.6) is 5.75 Å². The predicted octanol–water partition coefficient (Wildman–Crippen LogP) is 2.98. The second-order valence-corrected chi connectivity index (χ2v) is 4.39. The number of rotatable bonds is 3. The number of anilines is 2. The second kappa shape index (κ2) is 5.61. The fourth-order valence-electron chi connectivity index (χ4n) is 1.83. The Morgan fingerprint density at radius 3 is 2.60 bits per heavy atom. The highest BCUT2D eigenvalue weighted by Gasteiger charge is 2.11. The van der Waals surface area contributed by atoms with Gasteiger partial charge in [0.2, 0.25) is 0 Å². The molecule has 0 radical (unpaired) electrons. The van der Waals surface area contributed by atoms with E-state index in [-0.39, 0.29) is 11.7 Å². The van der Waals surface area contributed by atoms with Crippen molar-refractivity contribution in [2.75, 3.05) is 18.2 Å². The van der Waals surface area contributed by atoms with Crippen molar-refractivity contribution in [3.05, 3.63) is 53.3 Å². The monoisotopic (exact) mass is 274 g/mol. The van der Waals surface area contributed by atoms with Gasteiger partial charge in [-0.15, -0.1) is 0 Å². The molecule has 3 N–H and O–H groups in total. The van der Waals surface area contributed by atoms with Gasteiger partial charge in [0.1, 0.15) is 0 Å². The van der Waals surface area contributed by atoms with E-state index >= 15 is 0 Å². The van der Waals surface area contributed by atoms with Crippen molar-refractivity contribution in [3.63, 3.8) is 0 Å². The summed E-state index contributed by atoms with van der Waals surface area (Å²) in [5.41, 5.74) is 7.84. The van der Waals surface area contributed by atoms with E-state index in [1.165, 1.54) is 19.2 Å². The average Bonchev–Trinajstić information content (AvgIpc) is 2.38. The van der Waals surface area contributed by atoms with E-state index in [1.807, 2.05) is 6.92 Å². The van der Waals surface area contributed by atoms with Crippen LogP contribution in [0, 0.1) is 12.7 Å². The first-order valence-corrected chi connectivity index (χ1v) is 6.02. The minimum absolute atomic E-state index is 0.123. The Bertz CT molecular complexity index is 656. The molecule has 4 nitrogen and oxygen atoms in total. The largest absolute Gasteiger partial charge is 0.494 e. The van der Waals surface area contributed by atoms with Gasteiger partial charge in [-0.05, 0) is 36.8 Å². The summed E-state index contributed by atoms with van der Waals surface area (Å²) in [7, 11) is 1.38. The molecule has 0 unspecified atom stereocenters. The second-order valence-electron chi connectivity index (χ2n) is 4.39. The van der Waals surface area contributed by atoms with E-state index in [2.05, 4.69) is 5.32 Å². The number of aryl methyl sites for hydroxylation is 1. The number of nitrogens with one attached hydrogen (secondary N) is 1. The Balaban J connectivity index is 2.21. The molecule has 0 aliphatic heterocycles. The van der Waals surface area contributed by atoms with Crippen LogP contribution in [0.4, 0.5) is 15.8 Å². The topological polar surface area (TPSA) is 64.3 Å². The number of carbonyl (C=O) groups excluding carboxylic acids is 1. The fraction of sp³-hybridized carbons (Fsp3) is 0.133. The zero-order valence-corrected chi connectivity index (χ0v) is 11.2. The van der Waals surface area contributed by atoms with Crippen LogP contribution in [-0.4, -0.2) is 13.0 Å². The molecule has 2 aromatic rings. The van der Waals surface area contributed by atoms with Gasteiger partial charge in [0, 0.05) is 17.4 Å². The van der Waals surface area contributed by atoms with E-state index in [4.69, 9.17) is 10.5 Å². The van der Waals surface area contributed by atoms with E-state index in [0.717, 1.165) is 5.56 Å². The highest BCUT2D eigenvalue weighted by Crippen LogP contribution is 2.22. The third-order valence-corrected chi connectivity index (χ3v) is 2.86. The number of carbonyl (C=O) groups is 1. The van der Waals surface area contributed by atoms with Crippen LogP contribution in [0.25, 0.3) is 0 Å². The van der Waals surface area contributed by atoms with Gasteiger partial charge in [0.15, 0.2) is 11.6 Å². The summed E-state index contributed by atoms with van der Waals surface area (Å²) in [6.45, 7) is 1.89. The Hall–Kier alpha value is -2.56. The lowest BCUT2D eigenvalue weighted by Crippen LogP contribution is -2.14. The van der Waals surface area contributed by atoms with Crippen molar-refractivity contribution >= 4 is 17.3 Å². The average molecular weight is 274 g/mol. The molecular weight excluding hydrogens is 259 g/mol. The molecule has 5 heteroatoms. The smallest absolute Gasteiger partial charge is 0.257 e. The lowest BCUT2D eigenvalue weighted by atomic mass is 10.1. The Morgan fingerprint density at radius 1 is 1.25 bits per heavy atom. The Morgan fingerprint density at radius 2 is 2.00 bits per heavy atom. The van der Waals surface area contributed by atoms with Gasteiger partial charge >= 0.3 is 0 Å². The van der Waals surface area contributed by atoms with Gasteiger partial charge in [-0.2, -0.15) is 0 Å². The summed E-state index contributed by atoms with van der Waals surface area (Å²) < 4.78 is 18.3. The number of nitrogen functional groups attached to an aromatic ring is 1. The van der Waals surface area contributed by atoms with Crippen molar-refractivity contribution in [2.45, 2.75) is 6.92 Å². The first-order chi connectivity index (χ1) is 9.51. The van der Waals surface area contributed by atoms with Crippen LogP contribution in [0.1, 0.15) is 15.9 Å². The molecule has 104 valence electrons. The summed E-state index contributed by atoms with van der Waals surface area (Å²) in [4.78, 5) is 12.1. The van der Waals surface area contributed by atoms with Crippen molar-refractivity contribution in [2.24, 2.45) is 0 Å². The Kier molecular flexibility index (Phi) is 3.89. The van der Waals surface area contributed by atoms with Crippen LogP contribution in [0.3, 0.4) is 0 Å². The van der Waals surface area contributed by atoms with Gasteiger partial charge in [0.05, 0.1) is 12.7 Å². The number of ether oxygens (including phenoxy) is 1. The summed E-state index contributed by atoms with van der Waals surface area (Å²) >= 11 is 0. The molecule has 0 saturated carbocycles. The summed E-state index contributed by atoms with van der Waals surface area (Å²) in [6, 6.07) is 9.35. The number of amides is 1. The lowest BCUT2D eigenvalue weighted by molar-refractivity contribution is 0.102. The number of methoxy groups -OCH3 is 1. The molecule has 0 aliphatic rings. The van der Waals surface area contributed by atoms with Crippen molar-refractivity contribution in [1.82, 2.24) is 0 Å². The maximum absolute atomic E-state index is 13.5. The number of hydrogen-bond acceptors (Lipinski definition) is 3. The minimum Gasteiger partial charge on any atom is -0.494 e. The van der Waals surface area contributed by atoms with E-state index in [0.29, 0.717) is 16.9 Å². The first kappa shape index (κ1) is 13.9. The summed E-state index contributed by atoms with van der Waals surface area (Å²) in [5, 5.41) is 2.60. The summed E-state index contributed by atoms with van der Waals surface area (Å²) in [5.74, 6) is -0.799. The highest BCUT2D eigenvalue weighted by atomic mass is 19.1. The van der Waals surface area contributed by atoms with Crippen LogP contribution >= 0.6 is 0 Å². The van der Waals surface area contributed by atoms with E-state index in [9.17, 15) is 9.18 Å². The molecule has 0 fully saturated rings. The zero-order chi connectivity index (χ0) is 14.7. The van der Waals surface area contributed by atoms with Crippen molar-refractivity contribution in [1.29, 1.82) is 0 Å². The predicted molar refractivity (Wildman–Crippen MR) is 76.5 cm³/mol. The van der Waals surface area contributed by atoms with Crippen molar-refractivity contribution in [3.8, 4) is 5.75 Å². The molecule has 0 aromatic heterocycles. The molecule has 2 aromatic carbocycles. The normalized spacial score (nSPS) is 10.2. The maximum Gasteiger partial charge on any atom is 0.257 e. The number of benzene rings is 2. The SMILES string of the molecule is COc1ccc(NC(=O)c2ccc(C)cc2N)cc1F. The number of nitrogens with two attached hydrogens (primary N) is 1. The third-order valence-electron chi connectivity index (χ3n) is 2.86. The van der Waals surface area contributed by atoms with Crippen LogP contribution < -0.4 is 15.8 Å². The molecule has 0 heterocycles. The summed E-state index contributed by atoms with van der Waals surface area (Å²) in [6.07, 6.45) is 0. The van der Waals surface area contributed by atoms with Gasteiger partial charge in [-0.25, -0.2) is 4.39 Å². The molecular formula is C15H15FN2O2. The number of hydrogen-bond donors (Lipinski definition) is 2. The lowest BCUT2D eigenvalue weighted by Gasteiger charge is -2.09. The van der Waals surface area contributed by atoms with Gasteiger partial charge in [0.25, 0.3) is 5.91 Å². The van der Waals surface area contributed by atoms with E-state index < -0.39 is 5.82 Å². The quantitative estimate of drug-likeness (QED) is 0.846.